The molecule has 1 aromatic heterocycles. The number of hydrogen-bond donors (Lipinski definition) is 1. The molecule has 0 saturated heterocycles. The van der Waals surface area contributed by atoms with Gasteiger partial charge in [-0.1, -0.05) is 62.2 Å². The van der Waals surface area contributed by atoms with E-state index < -0.39 is 0 Å². The fourth-order valence-corrected chi connectivity index (χ4v) is 3.99. The Kier molecular flexibility index (Phi) is 5.89. The highest BCUT2D eigenvalue weighted by Crippen LogP contribution is 2.28. The van der Waals surface area contributed by atoms with Crippen molar-refractivity contribution in [3.63, 3.8) is 0 Å². The maximum atomic E-state index is 9.68. The van der Waals surface area contributed by atoms with E-state index in [-0.39, 0.29) is 6.04 Å². The Morgan fingerprint density at radius 2 is 1.67 bits per heavy atom. The maximum absolute atomic E-state index is 9.68. The zero-order valence-electron chi connectivity index (χ0n) is 14.7. The van der Waals surface area contributed by atoms with Gasteiger partial charge in [-0.15, -0.1) is 0 Å². The molecular weight excluding hydrogens is 298 g/mol. The molecule has 130 valence electrons. The number of imidazole rings is 1. The summed E-state index contributed by atoms with van der Waals surface area (Å²) in [6.45, 7) is 2.06. The van der Waals surface area contributed by atoms with Gasteiger partial charge < -0.3 is 9.77 Å². The number of nitrogens with zero attached hydrogens (tertiary/aromatic N) is 3. The van der Waals surface area contributed by atoms with E-state index in [1.807, 2.05) is 6.07 Å². The molecule has 4 heteroatoms. The van der Waals surface area contributed by atoms with Crippen LogP contribution in [0, 0.1) is 6.92 Å². The second kappa shape index (κ2) is 8.32. The Labute approximate surface area is 144 Å². The highest BCUT2D eigenvalue weighted by Gasteiger charge is 2.22. The van der Waals surface area contributed by atoms with Gasteiger partial charge in [0.15, 0.2) is 0 Å². The Morgan fingerprint density at radius 1 is 1.00 bits per heavy atom. The summed E-state index contributed by atoms with van der Waals surface area (Å²) >= 11 is 0. The third kappa shape index (κ3) is 3.80. The lowest BCUT2D eigenvalue weighted by Crippen LogP contribution is -2.21. The van der Waals surface area contributed by atoms with Crippen molar-refractivity contribution in [3.05, 3.63) is 30.1 Å². The van der Waals surface area contributed by atoms with Gasteiger partial charge in [-0.05, 0) is 38.3 Å². The van der Waals surface area contributed by atoms with Crippen molar-refractivity contribution in [1.82, 2.24) is 9.55 Å². The molecule has 1 atom stereocenters. The number of benzene rings is 1. The summed E-state index contributed by atoms with van der Waals surface area (Å²) in [6.07, 6.45) is 12.0. The van der Waals surface area contributed by atoms with Crippen LogP contribution in [-0.2, 0) is 0 Å². The lowest BCUT2D eigenvalue weighted by molar-refractivity contribution is 0.311. The summed E-state index contributed by atoms with van der Waals surface area (Å²) < 4.78 is 2.29. The summed E-state index contributed by atoms with van der Waals surface area (Å²) in [7, 11) is 0. The largest absolute Gasteiger partial charge is 0.411 e. The number of hydrogen-bond acceptors (Lipinski definition) is 3. The van der Waals surface area contributed by atoms with Crippen molar-refractivity contribution in [1.29, 1.82) is 0 Å². The van der Waals surface area contributed by atoms with Crippen molar-refractivity contribution in [2.24, 2.45) is 5.16 Å². The zero-order valence-corrected chi connectivity index (χ0v) is 14.7. The number of aryl methyl sites for hydroxylation is 1. The van der Waals surface area contributed by atoms with Gasteiger partial charge >= 0.3 is 0 Å². The van der Waals surface area contributed by atoms with Crippen LogP contribution in [0.3, 0.4) is 0 Å². The van der Waals surface area contributed by atoms with Gasteiger partial charge in [-0.25, -0.2) is 4.98 Å². The van der Waals surface area contributed by atoms with E-state index in [0.29, 0.717) is 0 Å². The number of para-hydroxylation sites is 2. The molecule has 0 amide bonds. The van der Waals surface area contributed by atoms with Gasteiger partial charge in [-0.3, -0.25) is 0 Å². The third-order valence-electron chi connectivity index (χ3n) is 5.26. The van der Waals surface area contributed by atoms with Crippen LogP contribution >= 0.6 is 0 Å². The molecule has 0 spiro atoms. The molecule has 1 N–H and O–H groups in total. The minimum atomic E-state index is 0.127. The van der Waals surface area contributed by atoms with Crippen LogP contribution in [0.25, 0.3) is 11.0 Å². The SMILES string of the molecule is Cc1nc2ccccc2n1C1CCCCCCCCCC/C1=N/O. The van der Waals surface area contributed by atoms with E-state index in [2.05, 4.69) is 34.8 Å². The predicted molar refractivity (Wildman–Crippen MR) is 98.9 cm³/mol. The van der Waals surface area contributed by atoms with E-state index in [4.69, 9.17) is 4.98 Å². The molecule has 4 nitrogen and oxygen atoms in total. The molecule has 1 heterocycles. The van der Waals surface area contributed by atoms with E-state index >= 15 is 0 Å². The first-order valence-electron chi connectivity index (χ1n) is 9.45. The van der Waals surface area contributed by atoms with E-state index in [9.17, 15) is 5.21 Å². The van der Waals surface area contributed by atoms with Gasteiger partial charge in [-0.2, -0.15) is 0 Å². The van der Waals surface area contributed by atoms with Crippen molar-refractivity contribution in [3.8, 4) is 0 Å². The zero-order chi connectivity index (χ0) is 16.8. The summed E-state index contributed by atoms with van der Waals surface area (Å²) in [5, 5.41) is 13.4. The number of aromatic nitrogens is 2. The summed E-state index contributed by atoms with van der Waals surface area (Å²) in [6, 6.07) is 8.40. The van der Waals surface area contributed by atoms with Crippen LogP contribution < -0.4 is 0 Å². The highest BCUT2D eigenvalue weighted by atomic mass is 16.4. The molecule has 1 unspecified atom stereocenters. The Hall–Kier alpha value is -1.84. The molecule has 1 fully saturated rings. The molecule has 1 aliphatic carbocycles. The van der Waals surface area contributed by atoms with Gasteiger partial charge in [0.1, 0.15) is 5.82 Å². The summed E-state index contributed by atoms with van der Waals surface area (Å²) in [4.78, 5) is 4.71. The van der Waals surface area contributed by atoms with Gasteiger partial charge in [0, 0.05) is 0 Å². The van der Waals surface area contributed by atoms with Crippen LogP contribution in [-0.4, -0.2) is 20.5 Å². The van der Waals surface area contributed by atoms with Crippen molar-refractivity contribution >= 4 is 16.7 Å². The first-order chi connectivity index (χ1) is 11.8. The van der Waals surface area contributed by atoms with Gasteiger partial charge in [0.25, 0.3) is 0 Å². The fraction of sp³-hybridized carbons (Fsp3) is 0.600. The first kappa shape index (κ1) is 17.0. The van der Waals surface area contributed by atoms with Crippen LogP contribution in [0.5, 0.6) is 0 Å². The van der Waals surface area contributed by atoms with Gasteiger partial charge in [0.2, 0.25) is 0 Å². The van der Waals surface area contributed by atoms with Gasteiger partial charge in [0.05, 0.1) is 22.8 Å². The fourth-order valence-electron chi connectivity index (χ4n) is 3.99. The van der Waals surface area contributed by atoms with Crippen molar-refractivity contribution in [2.45, 2.75) is 77.2 Å². The number of fused-ring (bicyclic) bond motifs is 1. The molecule has 2 aromatic rings. The molecule has 1 aromatic carbocycles. The monoisotopic (exact) mass is 327 g/mol. The van der Waals surface area contributed by atoms with Crippen molar-refractivity contribution < 1.29 is 5.21 Å². The average molecular weight is 327 g/mol. The topological polar surface area (TPSA) is 50.4 Å². The standard InChI is InChI=1S/C20H29N3O/c1-16-21-17-12-10-11-15-19(17)23(16)20-14-9-7-5-3-2-4-6-8-13-18(20)22-24/h10-12,15,20,24H,2-9,13-14H2,1H3/b22-18-. The smallest absolute Gasteiger partial charge is 0.107 e. The molecule has 0 aliphatic heterocycles. The summed E-state index contributed by atoms with van der Waals surface area (Å²) in [5.41, 5.74) is 3.09. The van der Waals surface area contributed by atoms with E-state index in [0.717, 1.165) is 41.8 Å². The Balaban J connectivity index is 1.93. The Bertz CT molecular complexity index is 689. The minimum absolute atomic E-state index is 0.127. The molecular formula is C20H29N3O. The third-order valence-corrected chi connectivity index (χ3v) is 5.26. The van der Waals surface area contributed by atoms with E-state index in [1.54, 1.807) is 0 Å². The predicted octanol–water partition coefficient (Wildman–Crippen LogP) is 5.63. The molecule has 0 radical (unpaired) electrons. The number of oxime groups is 1. The second-order valence-electron chi connectivity index (χ2n) is 6.99. The summed E-state index contributed by atoms with van der Waals surface area (Å²) in [5.74, 6) is 1.01. The Morgan fingerprint density at radius 3 is 2.42 bits per heavy atom. The van der Waals surface area contributed by atoms with Crippen LogP contribution in [0.1, 0.15) is 76.1 Å². The molecule has 24 heavy (non-hydrogen) atoms. The second-order valence-corrected chi connectivity index (χ2v) is 6.99. The quantitative estimate of drug-likeness (QED) is 0.545. The normalized spacial score (nSPS) is 23.0. The van der Waals surface area contributed by atoms with Crippen molar-refractivity contribution in [2.75, 3.05) is 0 Å². The highest BCUT2D eigenvalue weighted by molar-refractivity contribution is 5.89. The average Bonchev–Trinajstić information content (AvgIpc) is 2.91. The maximum Gasteiger partial charge on any atom is 0.107 e. The lowest BCUT2D eigenvalue weighted by atomic mass is 9.96. The molecule has 1 saturated carbocycles. The molecule has 0 bridgehead atoms. The van der Waals surface area contributed by atoms with E-state index in [1.165, 1.54) is 44.9 Å². The minimum Gasteiger partial charge on any atom is -0.411 e. The van der Waals surface area contributed by atoms with Crippen LogP contribution in [0.15, 0.2) is 29.4 Å². The van der Waals surface area contributed by atoms with Crippen LogP contribution in [0.2, 0.25) is 0 Å². The number of rotatable bonds is 1. The van der Waals surface area contributed by atoms with Crippen LogP contribution in [0.4, 0.5) is 0 Å². The first-order valence-corrected chi connectivity index (χ1v) is 9.45. The lowest BCUT2D eigenvalue weighted by Gasteiger charge is -2.23. The molecule has 3 rings (SSSR count). The molecule has 1 aliphatic rings.